The maximum Gasteiger partial charge on any atom is 0.343 e. The van der Waals surface area contributed by atoms with E-state index in [4.69, 9.17) is 5.73 Å². The predicted molar refractivity (Wildman–Crippen MR) is 121 cm³/mol. The van der Waals surface area contributed by atoms with Crippen molar-refractivity contribution in [3.05, 3.63) is 56.5 Å². The van der Waals surface area contributed by atoms with Crippen LogP contribution in [0.3, 0.4) is 0 Å². The number of methoxy groups -OCH3 is 1. The fraction of sp³-hybridized carbons (Fsp3) is 0.458. The molecule has 0 radical (unpaired) electrons. The maximum atomic E-state index is 12.8. The van der Waals surface area contributed by atoms with E-state index in [0.717, 1.165) is 13.3 Å². The number of nitrogens with two attached hydrogens (primary N) is 1. The van der Waals surface area contributed by atoms with Crippen LogP contribution in [0.4, 0.5) is 0 Å². The fourth-order valence-electron chi connectivity index (χ4n) is 3.71. The molecule has 174 valence electrons. The molecule has 8 nitrogen and oxygen atoms in total. The number of phenolic OH excluding ortho intramolecular Hbond substituents is 1. The number of H-pyrrole nitrogens is 1. The minimum atomic E-state index is -0.955. The van der Waals surface area contributed by atoms with Crippen LogP contribution in [0.25, 0.3) is 0 Å². The van der Waals surface area contributed by atoms with Gasteiger partial charge in [0.2, 0.25) is 5.91 Å². The normalized spacial score (nSPS) is 13.0. The lowest BCUT2D eigenvalue weighted by molar-refractivity contribution is -0.118. The molecule has 1 amide bonds. The third kappa shape index (κ3) is 4.95. The SMILES string of the molecule is COC(=O)c1c[nH]c(=O)c([C@@H](CC(N)=O)c2cc(C(C)(C)C)c(O)c(C(C)(C)C)c2)c1O. The van der Waals surface area contributed by atoms with E-state index >= 15 is 0 Å². The Balaban J connectivity index is 2.94. The molecule has 0 fully saturated rings. The van der Waals surface area contributed by atoms with E-state index in [-0.39, 0.29) is 23.3 Å². The van der Waals surface area contributed by atoms with Crippen LogP contribution >= 0.6 is 0 Å². The molecule has 0 bridgehead atoms. The second kappa shape index (κ2) is 8.68. The highest BCUT2D eigenvalue weighted by Gasteiger charge is 2.32. The zero-order valence-corrected chi connectivity index (χ0v) is 19.6. The molecule has 0 aliphatic heterocycles. The fourth-order valence-corrected chi connectivity index (χ4v) is 3.71. The molecule has 0 saturated carbocycles. The minimum Gasteiger partial charge on any atom is -0.507 e. The van der Waals surface area contributed by atoms with Gasteiger partial charge in [-0.1, -0.05) is 53.7 Å². The first kappa shape index (κ1) is 25.0. The first-order valence-electron chi connectivity index (χ1n) is 10.3. The number of carbonyl (C=O) groups is 2. The molecule has 0 unspecified atom stereocenters. The quantitative estimate of drug-likeness (QED) is 0.522. The van der Waals surface area contributed by atoms with E-state index in [0.29, 0.717) is 16.7 Å². The number of amides is 1. The molecule has 0 spiro atoms. The largest absolute Gasteiger partial charge is 0.507 e. The van der Waals surface area contributed by atoms with Crippen molar-refractivity contribution < 1.29 is 24.5 Å². The van der Waals surface area contributed by atoms with Crippen molar-refractivity contribution in [2.75, 3.05) is 7.11 Å². The molecule has 1 aromatic heterocycles. The number of aromatic nitrogens is 1. The number of esters is 1. The van der Waals surface area contributed by atoms with Gasteiger partial charge in [0.15, 0.2) is 0 Å². The van der Waals surface area contributed by atoms with Gasteiger partial charge in [0.1, 0.15) is 17.1 Å². The van der Waals surface area contributed by atoms with Crippen LogP contribution in [0, 0.1) is 0 Å². The zero-order chi connectivity index (χ0) is 24.6. The van der Waals surface area contributed by atoms with Gasteiger partial charge < -0.3 is 25.7 Å². The number of hydrogen-bond acceptors (Lipinski definition) is 6. The van der Waals surface area contributed by atoms with Gasteiger partial charge in [0.25, 0.3) is 5.56 Å². The smallest absolute Gasteiger partial charge is 0.343 e. The second-order valence-corrected chi connectivity index (χ2v) is 9.97. The standard InChI is InChI=1S/C24H32N2O6/c1-23(2,3)15-8-12(9-16(20(15)29)24(4,5)6)13(10-17(25)27)18-19(28)14(22(31)32-7)11-26-21(18)30/h8-9,11,13,29H,10H2,1-7H3,(H2,25,27)(H2,26,28,30)/t13-/m0/s1. The molecule has 2 rings (SSSR count). The van der Waals surface area contributed by atoms with Crippen molar-refractivity contribution in [3.8, 4) is 11.5 Å². The third-order valence-electron chi connectivity index (χ3n) is 5.41. The number of rotatable bonds is 5. The maximum absolute atomic E-state index is 12.8. The Kier molecular flexibility index (Phi) is 6.78. The molecule has 0 saturated heterocycles. The number of aromatic hydroxyl groups is 2. The summed E-state index contributed by atoms with van der Waals surface area (Å²) in [7, 11) is 1.15. The summed E-state index contributed by atoms with van der Waals surface area (Å²) in [5.41, 5.74) is 5.27. The Morgan fingerprint density at radius 1 is 1.03 bits per heavy atom. The summed E-state index contributed by atoms with van der Waals surface area (Å²) in [4.78, 5) is 39.2. The summed E-state index contributed by atoms with van der Waals surface area (Å²) in [6.45, 7) is 11.6. The Hall–Kier alpha value is -3.29. The van der Waals surface area contributed by atoms with Crippen LogP contribution in [0.2, 0.25) is 0 Å². The molecule has 8 heteroatoms. The van der Waals surface area contributed by atoms with Gasteiger partial charge in [0.05, 0.1) is 12.7 Å². The number of aromatic amines is 1. The molecule has 5 N–H and O–H groups in total. The van der Waals surface area contributed by atoms with Crippen molar-refractivity contribution in [1.29, 1.82) is 0 Å². The topological polar surface area (TPSA) is 143 Å². The third-order valence-corrected chi connectivity index (χ3v) is 5.41. The lowest BCUT2D eigenvalue weighted by Gasteiger charge is -2.30. The zero-order valence-electron chi connectivity index (χ0n) is 19.6. The summed E-state index contributed by atoms with van der Waals surface area (Å²) < 4.78 is 4.68. The van der Waals surface area contributed by atoms with Gasteiger partial charge in [-0.15, -0.1) is 0 Å². The molecule has 0 aliphatic rings. The minimum absolute atomic E-state index is 0.132. The van der Waals surface area contributed by atoms with Crippen molar-refractivity contribution >= 4 is 11.9 Å². The van der Waals surface area contributed by atoms with Crippen LogP contribution in [0.5, 0.6) is 11.5 Å². The van der Waals surface area contributed by atoms with E-state index in [1.165, 1.54) is 0 Å². The monoisotopic (exact) mass is 444 g/mol. The number of benzene rings is 1. The lowest BCUT2D eigenvalue weighted by Crippen LogP contribution is -2.25. The van der Waals surface area contributed by atoms with E-state index in [1.54, 1.807) is 12.1 Å². The molecule has 2 aromatic rings. The van der Waals surface area contributed by atoms with Crippen LogP contribution in [0.1, 0.15) is 86.5 Å². The number of phenols is 1. The summed E-state index contributed by atoms with van der Waals surface area (Å²) in [5, 5.41) is 21.8. The van der Waals surface area contributed by atoms with Crippen LogP contribution in [0.15, 0.2) is 23.1 Å². The van der Waals surface area contributed by atoms with Crippen molar-refractivity contribution in [1.82, 2.24) is 4.98 Å². The predicted octanol–water partition coefficient (Wildman–Crippen LogP) is 3.18. The number of hydrogen-bond donors (Lipinski definition) is 4. The molecule has 0 aliphatic carbocycles. The summed E-state index contributed by atoms with van der Waals surface area (Å²) >= 11 is 0. The number of carbonyl (C=O) groups excluding carboxylic acids is 2. The number of pyridine rings is 1. The van der Waals surface area contributed by atoms with Crippen molar-refractivity contribution in [2.24, 2.45) is 5.73 Å². The Morgan fingerprint density at radius 3 is 1.94 bits per heavy atom. The Morgan fingerprint density at radius 2 is 1.53 bits per heavy atom. The average molecular weight is 445 g/mol. The Labute approximate surface area is 187 Å². The molecular weight excluding hydrogens is 412 g/mol. The van der Waals surface area contributed by atoms with Gasteiger partial charge >= 0.3 is 5.97 Å². The van der Waals surface area contributed by atoms with Crippen molar-refractivity contribution in [2.45, 2.75) is 64.7 Å². The van der Waals surface area contributed by atoms with Crippen LogP contribution < -0.4 is 11.3 Å². The molecular formula is C24H32N2O6. The summed E-state index contributed by atoms with van der Waals surface area (Å²) in [5.74, 6) is -2.93. The van der Waals surface area contributed by atoms with E-state index in [1.807, 2.05) is 41.5 Å². The summed E-state index contributed by atoms with van der Waals surface area (Å²) in [6.07, 6.45) is 0.769. The highest BCUT2D eigenvalue weighted by molar-refractivity contribution is 5.92. The first-order valence-corrected chi connectivity index (χ1v) is 10.3. The van der Waals surface area contributed by atoms with Crippen LogP contribution in [-0.2, 0) is 20.4 Å². The summed E-state index contributed by atoms with van der Waals surface area (Å²) in [6, 6.07) is 3.42. The number of nitrogens with one attached hydrogen (secondary N) is 1. The van der Waals surface area contributed by atoms with E-state index in [2.05, 4.69) is 9.72 Å². The molecule has 1 heterocycles. The second-order valence-electron chi connectivity index (χ2n) is 9.97. The highest BCUT2D eigenvalue weighted by atomic mass is 16.5. The molecule has 1 aromatic carbocycles. The van der Waals surface area contributed by atoms with E-state index < -0.39 is 39.9 Å². The number of ether oxygens (including phenoxy) is 1. The van der Waals surface area contributed by atoms with Crippen LogP contribution in [-0.4, -0.2) is 34.2 Å². The van der Waals surface area contributed by atoms with Gasteiger partial charge in [-0.25, -0.2) is 4.79 Å². The molecule has 1 atom stereocenters. The van der Waals surface area contributed by atoms with Gasteiger partial charge in [-0.3, -0.25) is 9.59 Å². The lowest BCUT2D eigenvalue weighted by atomic mass is 9.75. The first-order chi connectivity index (χ1) is 14.6. The molecule has 32 heavy (non-hydrogen) atoms. The highest BCUT2D eigenvalue weighted by Crippen LogP contribution is 2.43. The average Bonchev–Trinajstić information content (AvgIpc) is 2.64. The van der Waals surface area contributed by atoms with Gasteiger partial charge in [-0.2, -0.15) is 0 Å². The van der Waals surface area contributed by atoms with Gasteiger partial charge in [-0.05, 0) is 27.5 Å². The van der Waals surface area contributed by atoms with Gasteiger partial charge in [0, 0.05) is 18.5 Å². The Bertz CT molecular complexity index is 1070. The van der Waals surface area contributed by atoms with Crippen molar-refractivity contribution in [3.63, 3.8) is 0 Å². The number of primary amides is 1. The van der Waals surface area contributed by atoms with E-state index in [9.17, 15) is 24.6 Å².